The standard InChI is InChI=1S/C78H49B3N4O/c1-6-25-50(26-7-1)53-45-69-74-73(46-53)86-72-49-68-62(47-63(72)81(74)59-38-17-21-42-65(59)82(69)54-31-12-4-13-32-54)80-61-40-19-23-44-67(61)84-66-43-22-18-39-60(66)79-58-37-16-20-41-64(58)83(55-33-14-5-15-34-55)70-48-71(76(80)78(84)75(70)79)85(68)77-56(51-27-8-2-9-28-51)35-24-36-57(77)52-29-10-3-11-30-52/h1-49H. The Labute approximate surface area is 501 Å². The average Bonchev–Trinajstić information content (AvgIpc) is 0.679. The van der Waals surface area contributed by atoms with Crippen LogP contribution in [-0.2, 0) is 0 Å². The maximum Gasteiger partial charge on any atom is 0.256 e. The van der Waals surface area contributed by atoms with Crippen LogP contribution in [0.1, 0.15) is 0 Å². The van der Waals surface area contributed by atoms with E-state index in [1.807, 2.05) is 0 Å². The van der Waals surface area contributed by atoms with Crippen LogP contribution in [0.4, 0.5) is 68.2 Å². The Morgan fingerprint density at radius 1 is 0.221 bits per heavy atom. The summed E-state index contributed by atoms with van der Waals surface area (Å²) in [5, 5.41) is 0. The van der Waals surface area contributed by atoms with Gasteiger partial charge in [-0.05, 0) is 138 Å². The fourth-order valence-electron chi connectivity index (χ4n) is 15.7. The van der Waals surface area contributed by atoms with E-state index in [0.717, 1.165) is 90.2 Å². The monoisotopic (exact) mass is 1090 g/mol. The van der Waals surface area contributed by atoms with Gasteiger partial charge >= 0.3 is 0 Å². The number of ether oxygens (including phenoxy) is 1. The van der Waals surface area contributed by atoms with E-state index >= 15 is 0 Å². The van der Waals surface area contributed by atoms with E-state index in [1.54, 1.807) is 0 Å². The lowest BCUT2D eigenvalue weighted by Crippen LogP contribution is -2.69. The largest absolute Gasteiger partial charge is 0.458 e. The van der Waals surface area contributed by atoms with E-state index in [4.69, 9.17) is 4.74 Å². The van der Waals surface area contributed by atoms with Crippen LogP contribution in [0.5, 0.6) is 11.5 Å². The maximum absolute atomic E-state index is 7.74. The van der Waals surface area contributed by atoms with Crippen LogP contribution in [0.3, 0.4) is 0 Å². The second kappa shape index (κ2) is 18.3. The minimum atomic E-state index is -0.174. The molecule has 396 valence electrons. The first-order valence-corrected chi connectivity index (χ1v) is 29.9. The van der Waals surface area contributed by atoms with Crippen molar-refractivity contribution < 1.29 is 4.74 Å². The Morgan fingerprint density at radius 3 is 1.13 bits per heavy atom. The second-order valence-corrected chi connectivity index (χ2v) is 23.4. The summed E-state index contributed by atoms with van der Waals surface area (Å²) in [5.41, 5.74) is 32.0. The van der Waals surface area contributed by atoms with Crippen molar-refractivity contribution in [1.29, 1.82) is 0 Å². The summed E-state index contributed by atoms with van der Waals surface area (Å²) in [7, 11) is 0. The number of anilines is 12. The van der Waals surface area contributed by atoms with Gasteiger partial charge in [-0.15, -0.1) is 0 Å². The summed E-state index contributed by atoms with van der Waals surface area (Å²) in [6.45, 7) is -0.358. The van der Waals surface area contributed by atoms with Gasteiger partial charge in [0.05, 0.1) is 5.69 Å². The summed E-state index contributed by atoms with van der Waals surface area (Å²) in [4.78, 5) is 10.3. The van der Waals surface area contributed by atoms with E-state index in [9.17, 15) is 0 Å². The van der Waals surface area contributed by atoms with E-state index < -0.39 is 0 Å². The smallest absolute Gasteiger partial charge is 0.256 e. The average molecular weight is 1090 g/mol. The molecular formula is C78H49B3N4O. The van der Waals surface area contributed by atoms with Crippen LogP contribution < -0.4 is 73.5 Å². The first-order chi connectivity index (χ1) is 42.7. The number of fused-ring (bicyclic) bond motifs is 14. The molecule has 6 aliphatic heterocycles. The molecule has 86 heavy (non-hydrogen) atoms. The van der Waals surface area contributed by atoms with Crippen molar-refractivity contribution in [2.45, 2.75) is 0 Å². The molecule has 0 unspecified atom stereocenters. The number of hydrogen-bond acceptors (Lipinski definition) is 5. The molecule has 0 aliphatic carbocycles. The van der Waals surface area contributed by atoms with Crippen molar-refractivity contribution in [3.63, 3.8) is 0 Å². The Bertz CT molecular complexity index is 4900. The highest BCUT2D eigenvalue weighted by atomic mass is 16.5. The number of benzene rings is 13. The third-order valence-electron chi connectivity index (χ3n) is 19.0. The van der Waals surface area contributed by atoms with Crippen LogP contribution in [0.25, 0.3) is 33.4 Å². The van der Waals surface area contributed by atoms with Crippen molar-refractivity contribution >= 4 is 138 Å². The van der Waals surface area contributed by atoms with Crippen molar-refractivity contribution in [3.8, 4) is 44.9 Å². The van der Waals surface area contributed by atoms with Gasteiger partial charge in [0.2, 0.25) is 0 Å². The molecule has 0 atom stereocenters. The molecule has 0 radical (unpaired) electrons. The Morgan fingerprint density at radius 2 is 0.616 bits per heavy atom. The van der Waals surface area contributed by atoms with Gasteiger partial charge < -0.3 is 24.3 Å². The predicted molar refractivity (Wildman–Crippen MR) is 362 cm³/mol. The minimum Gasteiger partial charge on any atom is -0.458 e. The third kappa shape index (κ3) is 6.64. The normalized spacial score (nSPS) is 13.7. The zero-order chi connectivity index (χ0) is 56.1. The third-order valence-corrected chi connectivity index (χ3v) is 19.0. The van der Waals surface area contributed by atoms with E-state index in [2.05, 4.69) is 317 Å². The zero-order valence-corrected chi connectivity index (χ0v) is 46.7. The van der Waals surface area contributed by atoms with E-state index in [-0.39, 0.29) is 20.1 Å². The molecule has 19 rings (SSSR count). The maximum atomic E-state index is 7.74. The molecule has 0 fully saturated rings. The van der Waals surface area contributed by atoms with Gasteiger partial charge in [-0.1, -0.05) is 224 Å². The Hall–Kier alpha value is -10.9. The van der Waals surface area contributed by atoms with Crippen molar-refractivity contribution in [1.82, 2.24) is 0 Å². The first kappa shape index (κ1) is 47.5. The van der Waals surface area contributed by atoms with Gasteiger partial charge in [0.15, 0.2) is 0 Å². The summed E-state index contributed by atoms with van der Waals surface area (Å²) in [6, 6.07) is 110. The molecule has 5 nitrogen and oxygen atoms in total. The van der Waals surface area contributed by atoms with Crippen LogP contribution >= 0.6 is 0 Å². The van der Waals surface area contributed by atoms with Gasteiger partial charge in [0.1, 0.15) is 11.5 Å². The lowest BCUT2D eigenvalue weighted by Gasteiger charge is -2.51. The van der Waals surface area contributed by atoms with Crippen LogP contribution in [0.2, 0.25) is 0 Å². The van der Waals surface area contributed by atoms with Gasteiger partial charge in [0, 0.05) is 79.8 Å². The van der Waals surface area contributed by atoms with Gasteiger partial charge in [0.25, 0.3) is 20.1 Å². The Balaban J connectivity index is 0.966. The number of rotatable bonds is 6. The SMILES string of the molecule is c1ccc(-c2cc3c4c(c2)N(c2ccccc2)c2ccccc2B4c2cc4c(cc2O3)N(c2c(-c3ccccc3)cccc2-c2ccccc2)c2cc3c5c6c2B4c2ccccc2N6c2ccccc2B5c2ccccc2N3c2ccccc2)cc1. The number of para-hydroxylation sites is 7. The van der Waals surface area contributed by atoms with Crippen LogP contribution in [-0.4, -0.2) is 20.1 Å². The molecule has 6 aliphatic rings. The van der Waals surface area contributed by atoms with Crippen molar-refractivity contribution in [3.05, 3.63) is 297 Å². The second-order valence-electron chi connectivity index (χ2n) is 23.4. The molecule has 0 spiro atoms. The summed E-state index contributed by atoms with van der Waals surface area (Å²) >= 11 is 0. The molecule has 13 aromatic carbocycles. The fraction of sp³-hybridized carbons (Fsp3) is 0. The molecule has 8 heteroatoms. The molecule has 0 N–H and O–H groups in total. The lowest BCUT2D eigenvalue weighted by molar-refractivity contribution is 0.488. The highest BCUT2D eigenvalue weighted by Gasteiger charge is 2.53. The fourth-order valence-corrected chi connectivity index (χ4v) is 15.7. The molecular weight excluding hydrogens is 1040 g/mol. The molecule has 0 bridgehead atoms. The Kier molecular flexibility index (Phi) is 10.1. The van der Waals surface area contributed by atoms with Gasteiger partial charge in [-0.3, -0.25) is 0 Å². The first-order valence-electron chi connectivity index (χ1n) is 29.9. The number of nitrogens with zero attached hydrogens (tertiary/aromatic N) is 4. The van der Waals surface area contributed by atoms with Crippen LogP contribution in [0.15, 0.2) is 297 Å². The van der Waals surface area contributed by atoms with E-state index in [1.165, 1.54) is 72.1 Å². The number of hydrogen-bond donors (Lipinski definition) is 0. The molecule has 0 saturated carbocycles. The van der Waals surface area contributed by atoms with Gasteiger partial charge in [-0.2, -0.15) is 0 Å². The highest BCUT2D eigenvalue weighted by molar-refractivity contribution is 7.05. The van der Waals surface area contributed by atoms with Gasteiger partial charge in [-0.25, -0.2) is 0 Å². The molecule has 0 amide bonds. The quantitative estimate of drug-likeness (QED) is 0.154. The predicted octanol–water partition coefficient (Wildman–Crippen LogP) is 13.8. The molecule has 0 saturated heterocycles. The lowest BCUT2D eigenvalue weighted by atomic mass is 9.28. The van der Waals surface area contributed by atoms with Crippen LogP contribution in [0, 0.1) is 0 Å². The highest BCUT2D eigenvalue weighted by Crippen LogP contribution is 2.54. The summed E-state index contributed by atoms with van der Waals surface area (Å²) in [5.74, 6) is 1.72. The minimum absolute atomic E-state index is 0.0370. The summed E-state index contributed by atoms with van der Waals surface area (Å²) < 4.78 is 7.74. The van der Waals surface area contributed by atoms with Crippen molar-refractivity contribution in [2.24, 2.45) is 0 Å². The molecule has 6 heterocycles. The zero-order valence-electron chi connectivity index (χ0n) is 46.7. The molecule has 13 aromatic rings. The molecule has 0 aromatic heterocycles. The summed E-state index contributed by atoms with van der Waals surface area (Å²) in [6.07, 6.45) is 0. The van der Waals surface area contributed by atoms with Crippen molar-refractivity contribution in [2.75, 3.05) is 19.6 Å². The topological polar surface area (TPSA) is 22.2 Å². The van der Waals surface area contributed by atoms with E-state index in [0.29, 0.717) is 0 Å².